The van der Waals surface area contributed by atoms with Crippen molar-refractivity contribution in [2.45, 2.75) is 6.42 Å². The lowest BCUT2D eigenvalue weighted by atomic mass is 10.3. The zero-order valence-corrected chi connectivity index (χ0v) is 11.1. The lowest BCUT2D eigenvalue weighted by Crippen LogP contribution is -2.06. The fourth-order valence-corrected chi connectivity index (χ4v) is 1.83. The quantitative estimate of drug-likeness (QED) is 0.781. The van der Waals surface area contributed by atoms with Gasteiger partial charge in [-0.3, -0.25) is 0 Å². The summed E-state index contributed by atoms with van der Waals surface area (Å²) in [6.07, 6.45) is 5.76. The molecular weight excluding hydrogens is 252 g/mol. The molecule has 2 aromatic heterocycles. The molecule has 0 aliphatic heterocycles. The number of nitrogens with zero attached hydrogens (tertiary/aromatic N) is 5. The monoisotopic (exact) mass is 266 g/mol. The molecule has 3 rings (SSSR count). The molecule has 0 aliphatic rings. The molecule has 0 aliphatic carbocycles. The molecular formula is C14H14N6. The van der Waals surface area contributed by atoms with E-state index in [2.05, 4.69) is 25.3 Å². The van der Waals surface area contributed by atoms with Gasteiger partial charge in [0.1, 0.15) is 18.0 Å². The Morgan fingerprint density at radius 1 is 1.10 bits per heavy atom. The summed E-state index contributed by atoms with van der Waals surface area (Å²) in [4.78, 5) is 17.0. The minimum Gasteiger partial charge on any atom is -0.338 e. The van der Waals surface area contributed by atoms with Gasteiger partial charge in [-0.15, -0.1) is 0 Å². The second-order valence-corrected chi connectivity index (χ2v) is 4.35. The van der Waals surface area contributed by atoms with Gasteiger partial charge in [-0.2, -0.15) is 4.98 Å². The van der Waals surface area contributed by atoms with Gasteiger partial charge in [0.05, 0.1) is 6.42 Å². The Bertz CT molecular complexity index is 692. The predicted octanol–water partition coefficient (Wildman–Crippen LogP) is 1.94. The molecule has 0 fully saturated rings. The molecule has 0 saturated heterocycles. The molecule has 1 aromatic carbocycles. The highest BCUT2D eigenvalue weighted by Gasteiger charge is 2.06. The van der Waals surface area contributed by atoms with Crippen molar-refractivity contribution < 1.29 is 0 Å². The van der Waals surface area contributed by atoms with Crippen LogP contribution >= 0.6 is 0 Å². The van der Waals surface area contributed by atoms with Gasteiger partial charge >= 0.3 is 0 Å². The average Bonchev–Trinajstić information content (AvgIpc) is 2.86. The van der Waals surface area contributed by atoms with E-state index >= 15 is 0 Å². The highest BCUT2D eigenvalue weighted by atomic mass is 15.1. The van der Waals surface area contributed by atoms with Gasteiger partial charge in [0.15, 0.2) is 0 Å². The van der Waals surface area contributed by atoms with Crippen LogP contribution in [0.4, 0.5) is 11.6 Å². The van der Waals surface area contributed by atoms with E-state index < -0.39 is 0 Å². The van der Waals surface area contributed by atoms with Gasteiger partial charge in [-0.05, 0) is 12.1 Å². The van der Waals surface area contributed by atoms with Crippen LogP contribution in [0.1, 0.15) is 11.6 Å². The number of aromatic nitrogens is 5. The van der Waals surface area contributed by atoms with Crippen LogP contribution in [0.2, 0.25) is 0 Å². The summed E-state index contributed by atoms with van der Waals surface area (Å²) in [7, 11) is 1.95. The Morgan fingerprint density at radius 2 is 1.95 bits per heavy atom. The molecule has 2 heterocycles. The van der Waals surface area contributed by atoms with Gasteiger partial charge in [0, 0.05) is 25.1 Å². The molecule has 0 amide bonds. The van der Waals surface area contributed by atoms with Gasteiger partial charge < -0.3 is 9.88 Å². The third-order valence-electron chi connectivity index (χ3n) is 2.89. The summed E-state index contributed by atoms with van der Waals surface area (Å²) in [5.41, 5.74) is 0.946. The maximum absolute atomic E-state index is 4.40. The van der Waals surface area contributed by atoms with E-state index in [1.807, 2.05) is 48.1 Å². The number of benzene rings is 1. The molecule has 0 unspecified atom stereocenters. The van der Waals surface area contributed by atoms with E-state index in [0.29, 0.717) is 18.2 Å². The topological polar surface area (TPSA) is 68.5 Å². The lowest BCUT2D eigenvalue weighted by molar-refractivity contribution is 0.789. The second-order valence-electron chi connectivity index (χ2n) is 4.35. The molecule has 0 saturated carbocycles. The molecule has 0 atom stereocenters. The summed E-state index contributed by atoms with van der Waals surface area (Å²) in [6.45, 7) is 0. The summed E-state index contributed by atoms with van der Waals surface area (Å²) in [6, 6.07) is 9.80. The summed E-state index contributed by atoms with van der Waals surface area (Å²) < 4.78 is 1.95. The van der Waals surface area contributed by atoms with Crippen molar-refractivity contribution in [1.82, 2.24) is 24.5 Å². The van der Waals surface area contributed by atoms with Crippen LogP contribution in [0.3, 0.4) is 0 Å². The number of anilines is 2. The first-order valence-corrected chi connectivity index (χ1v) is 6.27. The van der Waals surface area contributed by atoms with Gasteiger partial charge in [-0.1, -0.05) is 18.2 Å². The number of para-hydroxylation sites is 1. The van der Waals surface area contributed by atoms with Crippen LogP contribution in [0.15, 0.2) is 49.1 Å². The molecule has 1 N–H and O–H groups in total. The van der Waals surface area contributed by atoms with Crippen LogP contribution in [0, 0.1) is 0 Å². The molecule has 3 aromatic rings. The number of hydrogen-bond donors (Lipinski definition) is 1. The standard InChI is InChI=1S/C14H14N6/c1-20-8-7-15-13(20)9-12-16-10-17-14(19-12)18-11-5-3-2-4-6-11/h2-8,10H,9H2,1H3,(H,16,17,18,19). The third-order valence-corrected chi connectivity index (χ3v) is 2.89. The van der Waals surface area contributed by atoms with Crippen LogP contribution in [-0.2, 0) is 13.5 Å². The summed E-state index contributed by atoms with van der Waals surface area (Å²) in [5.74, 6) is 2.14. The lowest BCUT2D eigenvalue weighted by Gasteiger charge is -2.05. The number of aryl methyl sites for hydroxylation is 1. The van der Waals surface area contributed by atoms with E-state index in [0.717, 1.165) is 11.5 Å². The highest BCUT2D eigenvalue weighted by Crippen LogP contribution is 2.11. The fraction of sp³-hybridized carbons (Fsp3) is 0.143. The Kier molecular flexibility index (Phi) is 3.36. The van der Waals surface area contributed by atoms with Crippen LogP contribution in [0.5, 0.6) is 0 Å². The largest absolute Gasteiger partial charge is 0.338 e. The van der Waals surface area contributed by atoms with E-state index in [1.54, 1.807) is 6.20 Å². The van der Waals surface area contributed by atoms with E-state index in [1.165, 1.54) is 6.33 Å². The minimum atomic E-state index is 0.537. The first-order valence-electron chi connectivity index (χ1n) is 6.27. The van der Waals surface area contributed by atoms with Crippen LogP contribution < -0.4 is 5.32 Å². The summed E-state index contributed by atoms with van der Waals surface area (Å²) in [5, 5.41) is 3.15. The average molecular weight is 266 g/mol. The SMILES string of the molecule is Cn1ccnc1Cc1ncnc(Nc2ccccc2)n1. The maximum atomic E-state index is 4.40. The Balaban J connectivity index is 1.78. The van der Waals surface area contributed by atoms with E-state index in [-0.39, 0.29) is 0 Å². The van der Waals surface area contributed by atoms with E-state index in [4.69, 9.17) is 0 Å². The molecule has 0 spiro atoms. The summed E-state index contributed by atoms with van der Waals surface area (Å²) >= 11 is 0. The number of hydrogen-bond acceptors (Lipinski definition) is 5. The van der Waals surface area contributed by atoms with E-state index in [9.17, 15) is 0 Å². The first kappa shape index (κ1) is 12.3. The van der Waals surface area contributed by atoms with Gasteiger partial charge in [-0.25, -0.2) is 15.0 Å². The zero-order chi connectivity index (χ0) is 13.8. The van der Waals surface area contributed by atoms with Gasteiger partial charge in [0.25, 0.3) is 0 Å². The van der Waals surface area contributed by atoms with Crippen molar-refractivity contribution in [3.05, 3.63) is 60.7 Å². The van der Waals surface area contributed by atoms with Crippen molar-refractivity contribution in [1.29, 1.82) is 0 Å². The fourth-order valence-electron chi connectivity index (χ4n) is 1.83. The molecule has 100 valence electrons. The Morgan fingerprint density at radius 3 is 2.70 bits per heavy atom. The molecule has 0 bridgehead atoms. The molecule has 6 nitrogen and oxygen atoms in total. The third kappa shape index (κ3) is 2.80. The van der Waals surface area contributed by atoms with Crippen LogP contribution in [-0.4, -0.2) is 24.5 Å². The van der Waals surface area contributed by atoms with Crippen molar-refractivity contribution in [2.24, 2.45) is 7.05 Å². The Hall–Kier alpha value is -2.76. The molecule has 0 radical (unpaired) electrons. The smallest absolute Gasteiger partial charge is 0.230 e. The minimum absolute atomic E-state index is 0.537. The van der Waals surface area contributed by atoms with Crippen molar-refractivity contribution in [2.75, 3.05) is 5.32 Å². The molecule has 6 heteroatoms. The zero-order valence-electron chi connectivity index (χ0n) is 11.1. The normalized spacial score (nSPS) is 10.4. The van der Waals surface area contributed by atoms with Gasteiger partial charge in [0.2, 0.25) is 5.95 Å². The van der Waals surface area contributed by atoms with Crippen molar-refractivity contribution in [3.8, 4) is 0 Å². The highest BCUT2D eigenvalue weighted by molar-refractivity contribution is 5.52. The number of rotatable bonds is 4. The number of imidazole rings is 1. The van der Waals surface area contributed by atoms with Crippen LogP contribution in [0.25, 0.3) is 0 Å². The second kappa shape index (κ2) is 5.48. The van der Waals surface area contributed by atoms with Crippen molar-refractivity contribution in [3.63, 3.8) is 0 Å². The maximum Gasteiger partial charge on any atom is 0.230 e. The first-order chi connectivity index (χ1) is 9.81. The predicted molar refractivity (Wildman–Crippen MR) is 75.6 cm³/mol. The number of nitrogens with one attached hydrogen (secondary N) is 1. The van der Waals surface area contributed by atoms with Crippen molar-refractivity contribution >= 4 is 11.6 Å². The molecule has 20 heavy (non-hydrogen) atoms. The Labute approximate surface area is 116 Å².